The number of nitrogens with one attached hydrogen (secondary N) is 1. The Morgan fingerprint density at radius 3 is 2.20 bits per heavy atom. The number of nitrogens with zero attached hydrogens (tertiary/aromatic N) is 2. The Balaban J connectivity index is 1.95. The lowest BCUT2D eigenvalue weighted by atomic mass is 10.1. The summed E-state index contributed by atoms with van der Waals surface area (Å²) in [5, 5.41) is 11.7. The third-order valence-electron chi connectivity index (χ3n) is 4.72. The van der Waals surface area contributed by atoms with Crippen LogP contribution < -0.4 is 10.2 Å². The maximum absolute atomic E-state index is 12.2. The predicted octanol–water partition coefficient (Wildman–Crippen LogP) is 2.20. The van der Waals surface area contributed by atoms with Crippen LogP contribution in [0.4, 0.5) is 5.69 Å². The number of hydrogen-bond donors (Lipinski definition) is 2. The second-order valence-electron chi connectivity index (χ2n) is 6.82. The molecule has 1 aliphatic heterocycles. The Bertz CT molecular complexity index is 578. The first-order valence-corrected chi connectivity index (χ1v) is 9.05. The molecule has 1 aromatic carbocycles. The predicted molar refractivity (Wildman–Crippen MR) is 99.2 cm³/mol. The summed E-state index contributed by atoms with van der Waals surface area (Å²) >= 11 is 0. The Morgan fingerprint density at radius 1 is 1.12 bits per heavy atom. The summed E-state index contributed by atoms with van der Waals surface area (Å²) in [5.41, 5.74) is 1.59. The van der Waals surface area contributed by atoms with Crippen LogP contribution in [-0.4, -0.2) is 60.1 Å². The molecule has 25 heavy (non-hydrogen) atoms. The van der Waals surface area contributed by atoms with Gasteiger partial charge in [0.15, 0.2) is 0 Å². The number of aliphatic carboxylic acids is 1. The molecule has 1 aliphatic rings. The molecule has 0 radical (unpaired) electrons. The van der Waals surface area contributed by atoms with Gasteiger partial charge in [-0.05, 0) is 44.5 Å². The second-order valence-corrected chi connectivity index (χ2v) is 6.82. The molecule has 1 fully saturated rings. The van der Waals surface area contributed by atoms with Crippen molar-refractivity contribution in [2.45, 2.75) is 45.7 Å². The summed E-state index contributed by atoms with van der Waals surface area (Å²) in [6.45, 7) is 10.4. The van der Waals surface area contributed by atoms with Crippen molar-refractivity contribution < 1.29 is 14.7 Å². The normalized spacial score (nSPS) is 16.7. The molecule has 1 aromatic rings. The zero-order chi connectivity index (χ0) is 18.4. The van der Waals surface area contributed by atoms with Gasteiger partial charge in [-0.25, -0.2) is 4.79 Å². The largest absolute Gasteiger partial charge is 0.480 e. The van der Waals surface area contributed by atoms with Crippen molar-refractivity contribution in [3.05, 3.63) is 29.8 Å². The number of amides is 1. The highest BCUT2D eigenvalue weighted by Crippen LogP contribution is 2.18. The molecule has 0 bridgehead atoms. The van der Waals surface area contributed by atoms with E-state index in [0.29, 0.717) is 24.4 Å². The van der Waals surface area contributed by atoms with Crippen LogP contribution in [0.1, 0.15) is 44.0 Å². The SMILES string of the molecule is CCCC(NC(=O)c1ccc(N2CCN(C(C)C)CC2)cc1)C(=O)O. The summed E-state index contributed by atoms with van der Waals surface area (Å²) < 4.78 is 0. The monoisotopic (exact) mass is 347 g/mol. The smallest absolute Gasteiger partial charge is 0.326 e. The molecule has 1 unspecified atom stereocenters. The van der Waals surface area contributed by atoms with Gasteiger partial charge >= 0.3 is 5.97 Å². The number of carbonyl (C=O) groups excluding carboxylic acids is 1. The first-order chi connectivity index (χ1) is 11.9. The first kappa shape index (κ1) is 19.2. The second kappa shape index (κ2) is 8.85. The minimum Gasteiger partial charge on any atom is -0.480 e. The summed E-state index contributed by atoms with van der Waals surface area (Å²) in [4.78, 5) is 28.2. The summed E-state index contributed by atoms with van der Waals surface area (Å²) in [7, 11) is 0. The maximum atomic E-state index is 12.2. The Morgan fingerprint density at radius 2 is 1.72 bits per heavy atom. The van der Waals surface area contributed by atoms with E-state index in [2.05, 4.69) is 29.0 Å². The zero-order valence-corrected chi connectivity index (χ0v) is 15.4. The third-order valence-corrected chi connectivity index (χ3v) is 4.72. The molecule has 138 valence electrons. The van der Waals surface area contributed by atoms with Crippen molar-refractivity contribution in [3.8, 4) is 0 Å². The molecule has 0 spiro atoms. The standard InChI is InChI=1S/C19H29N3O3/c1-4-5-17(19(24)25)20-18(23)15-6-8-16(9-7-15)22-12-10-21(11-13-22)14(2)3/h6-9,14,17H,4-5,10-13H2,1-3H3,(H,20,23)(H,24,25). The van der Waals surface area contributed by atoms with Crippen molar-refractivity contribution in [2.75, 3.05) is 31.1 Å². The van der Waals surface area contributed by atoms with Gasteiger partial charge in [-0.1, -0.05) is 13.3 Å². The van der Waals surface area contributed by atoms with Gasteiger partial charge in [-0.2, -0.15) is 0 Å². The van der Waals surface area contributed by atoms with E-state index in [1.807, 2.05) is 19.1 Å². The van der Waals surface area contributed by atoms with Crippen LogP contribution in [0.25, 0.3) is 0 Å². The minimum atomic E-state index is -0.991. The molecular formula is C19H29N3O3. The molecule has 6 heteroatoms. The molecule has 1 saturated heterocycles. The van der Waals surface area contributed by atoms with E-state index >= 15 is 0 Å². The fourth-order valence-corrected chi connectivity index (χ4v) is 3.11. The molecule has 2 rings (SSSR count). The summed E-state index contributed by atoms with van der Waals surface area (Å²) in [6.07, 6.45) is 1.14. The Labute approximate surface area is 149 Å². The van der Waals surface area contributed by atoms with Crippen LogP contribution in [0.5, 0.6) is 0 Å². The van der Waals surface area contributed by atoms with E-state index in [4.69, 9.17) is 5.11 Å². The van der Waals surface area contributed by atoms with Gasteiger partial charge in [0.25, 0.3) is 5.91 Å². The third kappa shape index (κ3) is 5.19. The van der Waals surface area contributed by atoms with Gasteiger partial charge in [0.1, 0.15) is 6.04 Å². The van der Waals surface area contributed by atoms with Crippen LogP contribution >= 0.6 is 0 Å². The fraction of sp³-hybridized carbons (Fsp3) is 0.579. The van der Waals surface area contributed by atoms with E-state index in [-0.39, 0.29) is 5.91 Å². The summed E-state index contributed by atoms with van der Waals surface area (Å²) in [6, 6.07) is 7.15. The lowest BCUT2D eigenvalue weighted by Gasteiger charge is -2.38. The quantitative estimate of drug-likeness (QED) is 0.791. The van der Waals surface area contributed by atoms with Gasteiger partial charge in [0, 0.05) is 43.5 Å². The molecule has 2 N–H and O–H groups in total. The Kier molecular flexibility index (Phi) is 6.82. The summed E-state index contributed by atoms with van der Waals surface area (Å²) in [5.74, 6) is -1.33. The number of carbonyl (C=O) groups is 2. The van der Waals surface area contributed by atoms with E-state index in [1.54, 1.807) is 12.1 Å². The number of piperazine rings is 1. The number of benzene rings is 1. The van der Waals surface area contributed by atoms with Crippen LogP contribution in [0.15, 0.2) is 24.3 Å². The molecule has 1 heterocycles. The number of rotatable bonds is 7. The van der Waals surface area contributed by atoms with Crippen LogP contribution in [0.3, 0.4) is 0 Å². The minimum absolute atomic E-state index is 0.336. The average molecular weight is 347 g/mol. The molecule has 0 aliphatic carbocycles. The molecule has 1 amide bonds. The fourth-order valence-electron chi connectivity index (χ4n) is 3.11. The lowest BCUT2D eigenvalue weighted by Crippen LogP contribution is -2.48. The number of carboxylic acids is 1. The zero-order valence-electron chi connectivity index (χ0n) is 15.4. The van der Waals surface area contributed by atoms with E-state index in [1.165, 1.54) is 0 Å². The van der Waals surface area contributed by atoms with Gasteiger partial charge in [0.05, 0.1) is 0 Å². The van der Waals surface area contributed by atoms with Crippen LogP contribution in [-0.2, 0) is 4.79 Å². The van der Waals surface area contributed by atoms with E-state index in [9.17, 15) is 9.59 Å². The highest BCUT2D eigenvalue weighted by Gasteiger charge is 2.21. The average Bonchev–Trinajstić information content (AvgIpc) is 2.61. The molecular weight excluding hydrogens is 318 g/mol. The van der Waals surface area contributed by atoms with Crippen molar-refractivity contribution >= 4 is 17.6 Å². The topological polar surface area (TPSA) is 72.9 Å². The van der Waals surface area contributed by atoms with Crippen LogP contribution in [0, 0.1) is 0 Å². The van der Waals surface area contributed by atoms with Crippen molar-refractivity contribution in [1.82, 2.24) is 10.2 Å². The highest BCUT2D eigenvalue weighted by molar-refractivity contribution is 5.96. The maximum Gasteiger partial charge on any atom is 0.326 e. The molecule has 1 atom stereocenters. The van der Waals surface area contributed by atoms with E-state index in [0.717, 1.165) is 31.9 Å². The molecule has 0 saturated carbocycles. The number of carboxylic acid groups (broad SMARTS) is 1. The number of hydrogen-bond acceptors (Lipinski definition) is 4. The Hall–Kier alpha value is -2.08. The van der Waals surface area contributed by atoms with Crippen molar-refractivity contribution in [2.24, 2.45) is 0 Å². The van der Waals surface area contributed by atoms with Gasteiger partial charge in [-0.3, -0.25) is 9.69 Å². The van der Waals surface area contributed by atoms with Crippen molar-refractivity contribution in [3.63, 3.8) is 0 Å². The van der Waals surface area contributed by atoms with Gasteiger partial charge < -0.3 is 15.3 Å². The van der Waals surface area contributed by atoms with Crippen LogP contribution in [0.2, 0.25) is 0 Å². The van der Waals surface area contributed by atoms with Gasteiger partial charge in [0.2, 0.25) is 0 Å². The number of anilines is 1. The highest BCUT2D eigenvalue weighted by atomic mass is 16.4. The molecule has 6 nitrogen and oxygen atoms in total. The van der Waals surface area contributed by atoms with E-state index < -0.39 is 12.0 Å². The first-order valence-electron chi connectivity index (χ1n) is 9.05. The van der Waals surface area contributed by atoms with Crippen molar-refractivity contribution in [1.29, 1.82) is 0 Å². The van der Waals surface area contributed by atoms with Gasteiger partial charge in [-0.15, -0.1) is 0 Å². The molecule has 0 aromatic heterocycles. The lowest BCUT2D eigenvalue weighted by molar-refractivity contribution is -0.139.